The van der Waals surface area contributed by atoms with E-state index in [1.165, 1.54) is 0 Å². The zero-order chi connectivity index (χ0) is 26.6. The summed E-state index contributed by atoms with van der Waals surface area (Å²) in [5.74, 6) is 1.37. The quantitative estimate of drug-likeness (QED) is 0.262. The molecule has 9 heteroatoms. The minimum Gasteiger partial charge on any atom is -1.00 e. The molecule has 0 heterocycles. The first kappa shape index (κ1) is 32.6. The summed E-state index contributed by atoms with van der Waals surface area (Å²) < 4.78 is 11.9. The Hall–Kier alpha value is -1.46. The molecule has 2 aromatic carbocycles. The first-order chi connectivity index (χ1) is 16.0. The molecule has 2 N–H and O–H groups in total. The van der Waals surface area contributed by atoms with E-state index in [0.717, 1.165) is 22.3 Å². The van der Waals surface area contributed by atoms with Gasteiger partial charge >= 0.3 is 6.09 Å². The Bertz CT molecular complexity index is 1050. The molecule has 0 saturated carbocycles. The van der Waals surface area contributed by atoms with Crippen molar-refractivity contribution in [3.05, 3.63) is 36.4 Å². The van der Waals surface area contributed by atoms with Gasteiger partial charge in [-0.3, -0.25) is 4.79 Å². The Morgan fingerprint density at radius 3 is 2.22 bits per heavy atom. The fourth-order valence-electron chi connectivity index (χ4n) is 3.16. The van der Waals surface area contributed by atoms with Gasteiger partial charge in [0.25, 0.3) is 0 Å². The van der Waals surface area contributed by atoms with Crippen molar-refractivity contribution < 1.29 is 42.7 Å². The molecule has 0 unspecified atom stereocenters. The van der Waals surface area contributed by atoms with E-state index >= 15 is 0 Å². The molecule has 0 bridgehead atoms. The number of anilines is 1. The summed E-state index contributed by atoms with van der Waals surface area (Å²) in [5, 5.41) is 7.80. The molecule has 202 valence electrons. The molecule has 0 aliphatic carbocycles. The molecule has 36 heavy (non-hydrogen) atoms. The standard InChI is InChI=1S/C27H42N2O4SSi.HI/c1-26(2,3)32-25(31)29-23(16-17-34(7)8)24(30)28-22-13-11-12-19-14-15-20(18-21(19)22)33-35(9,10)27(4,5)6;/h11-15,18,23H,16-17H2,1-10H3,(H-,28,29,30,31);1H/t23-;/m0./s1. The number of nitrogens with one attached hydrogen (secondary N) is 2. The van der Waals surface area contributed by atoms with E-state index in [4.69, 9.17) is 9.16 Å². The summed E-state index contributed by atoms with van der Waals surface area (Å²) >= 11 is 0. The first-order valence-corrected chi connectivity index (χ1v) is 17.2. The minimum absolute atomic E-state index is 0. The summed E-state index contributed by atoms with van der Waals surface area (Å²) in [6, 6.07) is 11.1. The van der Waals surface area contributed by atoms with E-state index in [2.05, 4.69) is 57.0 Å². The van der Waals surface area contributed by atoms with Gasteiger partial charge in [0.05, 0.1) is 12.5 Å². The highest BCUT2D eigenvalue weighted by Crippen LogP contribution is 2.38. The number of carbonyl (C=O) groups excluding carboxylic acids is 2. The SMILES string of the molecule is C[S+](C)CC[C@H](NC(=O)OC(C)(C)C)C(=O)Nc1cccc2ccc(O[Si](C)(C)C(C)(C)C)cc12.[I-]. The molecule has 0 aliphatic heterocycles. The number of amides is 2. The average Bonchev–Trinajstić information content (AvgIpc) is 2.68. The molecule has 0 aliphatic rings. The van der Waals surface area contributed by atoms with Gasteiger partial charge in [-0.05, 0) is 73.4 Å². The van der Waals surface area contributed by atoms with Gasteiger partial charge in [0.15, 0.2) is 0 Å². The van der Waals surface area contributed by atoms with Crippen molar-refractivity contribution in [1.82, 2.24) is 5.32 Å². The predicted octanol–water partition coefficient (Wildman–Crippen LogP) is 3.33. The number of benzene rings is 2. The van der Waals surface area contributed by atoms with Crippen LogP contribution in [-0.2, 0) is 20.4 Å². The maximum absolute atomic E-state index is 13.3. The molecule has 0 aromatic heterocycles. The maximum Gasteiger partial charge on any atom is 0.408 e. The fraction of sp³-hybridized carbons (Fsp3) is 0.556. The maximum atomic E-state index is 13.3. The lowest BCUT2D eigenvalue weighted by Crippen LogP contribution is -3.00. The Morgan fingerprint density at radius 2 is 1.67 bits per heavy atom. The Labute approximate surface area is 238 Å². The van der Waals surface area contributed by atoms with E-state index < -0.39 is 26.1 Å². The second-order valence-corrected chi connectivity index (χ2v) is 18.8. The van der Waals surface area contributed by atoms with Crippen molar-refractivity contribution in [1.29, 1.82) is 0 Å². The van der Waals surface area contributed by atoms with Gasteiger partial charge < -0.3 is 43.8 Å². The molecule has 2 amide bonds. The van der Waals surface area contributed by atoms with E-state index in [1.54, 1.807) is 20.8 Å². The molecule has 0 saturated heterocycles. The minimum atomic E-state index is -2.01. The van der Waals surface area contributed by atoms with Crippen LogP contribution in [0.1, 0.15) is 48.0 Å². The van der Waals surface area contributed by atoms with Crippen LogP contribution in [0.5, 0.6) is 5.75 Å². The summed E-state index contributed by atoms with van der Waals surface area (Å²) in [6.45, 7) is 16.5. The zero-order valence-corrected chi connectivity index (χ0v) is 27.3. The predicted molar refractivity (Wildman–Crippen MR) is 152 cm³/mol. The number of ether oxygens (including phenoxy) is 1. The van der Waals surface area contributed by atoms with Crippen LogP contribution in [0.25, 0.3) is 10.8 Å². The van der Waals surface area contributed by atoms with Gasteiger partial charge in [0, 0.05) is 17.5 Å². The van der Waals surface area contributed by atoms with Crippen LogP contribution in [0, 0.1) is 0 Å². The summed E-state index contributed by atoms with van der Waals surface area (Å²) in [4.78, 5) is 25.7. The Kier molecular flexibility index (Phi) is 11.6. The topological polar surface area (TPSA) is 76.7 Å². The molecular weight excluding hydrogens is 603 g/mol. The molecule has 2 aromatic rings. The highest BCUT2D eigenvalue weighted by Gasteiger charge is 2.39. The largest absolute Gasteiger partial charge is 1.00 e. The van der Waals surface area contributed by atoms with E-state index in [9.17, 15) is 9.59 Å². The second kappa shape index (κ2) is 12.9. The van der Waals surface area contributed by atoms with Crippen molar-refractivity contribution in [2.24, 2.45) is 0 Å². The van der Waals surface area contributed by atoms with Gasteiger partial charge in [-0.1, -0.05) is 39.0 Å². The van der Waals surface area contributed by atoms with Crippen LogP contribution in [0.15, 0.2) is 36.4 Å². The molecule has 0 fully saturated rings. The molecule has 0 spiro atoms. The lowest BCUT2D eigenvalue weighted by Gasteiger charge is -2.36. The van der Waals surface area contributed by atoms with Gasteiger partial charge in [-0.2, -0.15) is 0 Å². The van der Waals surface area contributed by atoms with Crippen LogP contribution in [0.3, 0.4) is 0 Å². The van der Waals surface area contributed by atoms with E-state index in [1.807, 2.05) is 36.4 Å². The summed E-state index contributed by atoms with van der Waals surface area (Å²) in [5.41, 5.74) is 0.0531. The van der Waals surface area contributed by atoms with Crippen LogP contribution < -0.4 is 39.0 Å². The number of hydrogen-bond acceptors (Lipinski definition) is 4. The number of rotatable bonds is 8. The highest BCUT2D eigenvalue weighted by molar-refractivity contribution is 7.95. The first-order valence-electron chi connectivity index (χ1n) is 12.0. The highest BCUT2D eigenvalue weighted by atomic mass is 127. The third-order valence-corrected chi connectivity index (χ3v) is 11.5. The van der Waals surface area contributed by atoms with Gasteiger partial charge in [-0.25, -0.2) is 4.79 Å². The lowest BCUT2D eigenvalue weighted by atomic mass is 10.1. The van der Waals surface area contributed by atoms with Gasteiger partial charge in [-0.15, -0.1) is 0 Å². The van der Waals surface area contributed by atoms with Gasteiger partial charge in [0.1, 0.15) is 23.1 Å². The number of alkyl carbamates (subject to hydrolysis) is 1. The third kappa shape index (κ3) is 9.78. The van der Waals surface area contributed by atoms with Crippen LogP contribution in [0.4, 0.5) is 10.5 Å². The Balaban J connectivity index is 0.00000648. The van der Waals surface area contributed by atoms with E-state index in [0.29, 0.717) is 12.1 Å². The van der Waals surface area contributed by atoms with Crippen molar-refractivity contribution in [2.45, 2.75) is 77.7 Å². The molecule has 2 rings (SSSR count). The second-order valence-electron chi connectivity index (χ2n) is 11.7. The summed E-state index contributed by atoms with van der Waals surface area (Å²) in [6.07, 6.45) is 4.19. The number of hydrogen-bond donors (Lipinski definition) is 2. The molecule has 0 radical (unpaired) electrons. The van der Waals surface area contributed by atoms with Crippen LogP contribution in [0.2, 0.25) is 18.1 Å². The van der Waals surface area contributed by atoms with Gasteiger partial charge in [0.2, 0.25) is 14.2 Å². The third-order valence-electron chi connectivity index (χ3n) is 6.11. The molecular formula is C27H43IN2O4SSi. The number of carbonyl (C=O) groups is 2. The van der Waals surface area contributed by atoms with Crippen LogP contribution in [-0.4, -0.2) is 50.2 Å². The van der Waals surface area contributed by atoms with Crippen molar-refractivity contribution >= 4 is 47.7 Å². The smallest absolute Gasteiger partial charge is 0.408 e. The van der Waals surface area contributed by atoms with Crippen molar-refractivity contribution in [3.63, 3.8) is 0 Å². The number of fused-ring (bicyclic) bond motifs is 1. The van der Waals surface area contributed by atoms with Crippen molar-refractivity contribution in [3.8, 4) is 5.75 Å². The average molecular weight is 647 g/mol. The molecule has 6 nitrogen and oxygen atoms in total. The summed E-state index contributed by atoms with van der Waals surface area (Å²) in [7, 11) is -1.87. The Morgan fingerprint density at radius 1 is 1.03 bits per heavy atom. The lowest BCUT2D eigenvalue weighted by molar-refractivity contribution is -0.118. The van der Waals surface area contributed by atoms with Crippen molar-refractivity contribution in [2.75, 3.05) is 23.6 Å². The zero-order valence-electron chi connectivity index (χ0n) is 23.4. The fourth-order valence-corrected chi connectivity index (χ4v) is 4.89. The van der Waals surface area contributed by atoms with E-state index in [-0.39, 0.29) is 45.8 Å². The normalized spacial score (nSPS) is 13.1. The molecule has 1 atom stereocenters. The monoisotopic (exact) mass is 646 g/mol. The number of halogens is 1. The van der Waals surface area contributed by atoms with Crippen LogP contribution >= 0.6 is 0 Å².